The number of hydrogen-bond acceptors (Lipinski definition) is 7. The van der Waals surface area contributed by atoms with Crippen LogP contribution in [0.3, 0.4) is 0 Å². The topological polar surface area (TPSA) is 111 Å². The van der Waals surface area contributed by atoms with E-state index in [0.717, 1.165) is 4.90 Å². The summed E-state index contributed by atoms with van der Waals surface area (Å²) < 4.78 is 16.2. The van der Waals surface area contributed by atoms with Gasteiger partial charge in [-0.05, 0) is 38.8 Å². The number of fused-ring (bicyclic) bond motifs is 2. The van der Waals surface area contributed by atoms with Gasteiger partial charge in [-0.3, -0.25) is 19.3 Å². The molecule has 164 valence electrons. The van der Waals surface area contributed by atoms with Gasteiger partial charge in [-0.1, -0.05) is 12.2 Å². The monoisotopic (exact) mass is 428 g/mol. The summed E-state index contributed by atoms with van der Waals surface area (Å²) in [5.74, 6) is -1.83. The van der Waals surface area contributed by atoms with Crippen molar-refractivity contribution in [1.29, 1.82) is 0 Å². The van der Waals surface area contributed by atoms with Gasteiger partial charge in [0.1, 0.15) is 19.3 Å². The maximum atomic E-state index is 12.6. The average molecular weight is 428 g/mol. The smallest absolute Gasteiger partial charge is 0.329 e. The molecule has 0 spiro atoms. The molecule has 0 aromatic heterocycles. The van der Waals surface area contributed by atoms with Crippen LogP contribution in [0, 0.1) is 11.8 Å². The van der Waals surface area contributed by atoms with Crippen molar-refractivity contribution in [3.8, 4) is 11.5 Å². The molecule has 0 saturated carbocycles. The second-order valence-corrected chi connectivity index (χ2v) is 7.81. The van der Waals surface area contributed by atoms with E-state index in [4.69, 9.17) is 14.2 Å². The second kappa shape index (κ2) is 8.41. The lowest BCUT2D eigenvalue weighted by Gasteiger charge is -2.23. The Labute approximate surface area is 179 Å². The van der Waals surface area contributed by atoms with Crippen molar-refractivity contribution in [2.75, 3.05) is 18.5 Å². The Bertz CT molecular complexity index is 931. The first-order chi connectivity index (χ1) is 14.9. The summed E-state index contributed by atoms with van der Waals surface area (Å²) in [6.07, 6.45) is 3.61. The number of allylic oxidation sites excluding steroid dienone is 2. The Morgan fingerprint density at radius 1 is 1.03 bits per heavy atom. The molecular weight excluding hydrogens is 404 g/mol. The molecule has 0 unspecified atom stereocenters. The van der Waals surface area contributed by atoms with E-state index in [-0.39, 0.29) is 11.8 Å². The second-order valence-electron chi connectivity index (χ2n) is 7.81. The van der Waals surface area contributed by atoms with Crippen molar-refractivity contribution in [3.05, 3.63) is 30.4 Å². The number of esters is 1. The van der Waals surface area contributed by atoms with Crippen LogP contribution >= 0.6 is 0 Å². The third-order valence-corrected chi connectivity index (χ3v) is 5.74. The number of ether oxygens (including phenoxy) is 3. The van der Waals surface area contributed by atoms with Gasteiger partial charge < -0.3 is 19.5 Å². The van der Waals surface area contributed by atoms with Crippen molar-refractivity contribution < 1.29 is 33.4 Å². The van der Waals surface area contributed by atoms with E-state index >= 15 is 0 Å². The molecule has 4 rings (SSSR count). The molecule has 1 fully saturated rings. The highest BCUT2D eigenvalue weighted by molar-refractivity contribution is 6.08. The Balaban J connectivity index is 1.36. The van der Waals surface area contributed by atoms with Crippen LogP contribution in [0.4, 0.5) is 5.69 Å². The normalized spacial score (nSPS) is 23.7. The summed E-state index contributed by atoms with van der Waals surface area (Å²) in [5.41, 5.74) is 0.465. The Kier molecular flexibility index (Phi) is 5.67. The minimum absolute atomic E-state index is 0.364. The minimum atomic E-state index is -1.13. The SMILES string of the molecule is C[C@H](OC(=O)[C@H](C)N1C(=O)[C@H]2CC=CC[C@H]2C1=O)C(=O)Nc1ccc2c(c1)OCCO2. The molecule has 0 radical (unpaired) electrons. The van der Waals surface area contributed by atoms with Crippen LogP contribution in [0.25, 0.3) is 0 Å². The maximum absolute atomic E-state index is 12.6. The number of likely N-dealkylation sites (tertiary alicyclic amines) is 1. The highest BCUT2D eigenvalue weighted by atomic mass is 16.6. The van der Waals surface area contributed by atoms with Gasteiger partial charge in [0.05, 0.1) is 11.8 Å². The fourth-order valence-electron chi connectivity index (χ4n) is 4.00. The first-order valence-electron chi connectivity index (χ1n) is 10.3. The number of carbonyl (C=O) groups is 4. The first-order valence-corrected chi connectivity index (χ1v) is 10.3. The van der Waals surface area contributed by atoms with Crippen LogP contribution in [-0.4, -0.2) is 54.0 Å². The van der Waals surface area contributed by atoms with Crippen LogP contribution < -0.4 is 14.8 Å². The average Bonchev–Trinajstić information content (AvgIpc) is 3.03. The zero-order chi connectivity index (χ0) is 22.1. The van der Waals surface area contributed by atoms with E-state index in [1.54, 1.807) is 18.2 Å². The molecule has 1 aromatic rings. The van der Waals surface area contributed by atoms with Gasteiger partial charge in [-0.2, -0.15) is 0 Å². The van der Waals surface area contributed by atoms with Crippen LogP contribution in [0.5, 0.6) is 11.5 Å². The highest BCUT2D eigenvalue weighted by Crippen LogP contribution is 2.36. The summed E-state index contributed by atoms with van der Waals surface area (Å²) in [4.78, 5) is 51.3. The van der Waals surface area contributed by atoms with E-state index in [1.165, 1.54) is 13.8 Å². The van der Waals surface area contributed by atoms with Gasteiger partial charge in [0, 0.05) is 11.8 Å². The predicted molar refractivity (Wildman–Crippen MR) is 108 cm³/mol. The molecule has 1 N–H and O–H groups in total. The number of imide groups is 1. The number of nitrogens with zero attached hydrogens (tertiary/aromatic N) is 1. The zero-order valence-electron chi connectivity index (χ0n) is 17.3. The van der Waals surface area contributed by atoms with Crippen molar-refractivity contribution in [2.24, 2.45) is 11.8 Å². The Morgan fingerprint density at radius 3 is 2.29 bits per heavy atom. The van der Waals surface area contributed by atoms with Gasteiger partial charge in [0.25, 0.3) is 5.91 Å². The number of hydrogen-bond donors (Lipinski definition) is 1. The van der Waals surface area contributed by atoms with Gasteiger partial charge >= 0.3 is 5.97 Å². The van der Waals surface area contributed by atoms with E-state index in [2.05, 4.69) is 5.32 Å². The maximum Gasteiger partial charge on any atom is 0.329 e. The number of nitrogens with one attached hydrogen (secondary N) is 1. The molecule has 31 heavy (non-hydrogen) atoms. The summed E-state index contributed by atoms with van der Waals surface area (Å²) in [7, 11) is 0. The molecule has 9 nitrogen and oxygen atoms in total. The molecular formula is C22H24N2O7. The van der Waals surface area contributed by atoms with Crippen molar-refractivity contribution in [1.82, 2.24) is 4.90 Å². The molecule has 0 bridgehead atoms. The molecule has 4 atom stereocenters. The van der Waals surface area contributed by atoms with Gasteiger partial charge in [-0.25, -0.2) is 4.79 Å². The third kappa shape index (κ3) is 3.99. The fraction of sp³-hybridized carbons (Fsp3) is 0.455. The number of rotatable bonds is 5. The molecule has 2 aliphatic heterocycles. The first kappa shape index (κ1) is 20.9. The largest absolute Gasteiger partial charge is 0.486 e. The van der Waals surface area contributed by atoms with Crippen molar-refractivity contribution in [3.63, 3.8) is 0 Å². The van der Waals surface area contributed by atoms with E-state index in [0.29, 0.717) is 43.2 Å². The minimum Gasteiger partial charge on any atom is -0.486 e. The van der Waals surface area contributed by atoms with E-state index in [9.17, 15) is 19.2 Å². The lowest BCUT2D eigenvalue weighted by atomic mass is 9.85. The molecule has 3 amide bonds. The van der Waals surface area contributed by atoms with Crippen molar-refractivity contribution in [2.45, 2.75) is 38.8 Å². The van der Waals surface area contributed by atoms with E-state index in [1.807, 2.05) is 12.2 Å². The molecule has 9 heteroatoms. The quantitative estimate of drug-likeness (QED) is 0.431. The van der Waals surface area contributed by atoms with Crippen LogP contribution in [-0.2, 0) is 23.9 Å². The Morgan fingerprint density at radius 2 is 1.65 bits per heavy atom. The zero-order valence-corrected chi connectivity index (χ0v) is 17.3. The lowest BCUT2D eigenvalue weighted by Crippen LogP contribution is -2.46. The number of amides is 3. The number of benzene rings is 1. The molecule has 2 heterocycles. The fourth-order valence-corrected chi connectivity index (χ4v) is 4.00. The molecule has 3 aliphatic rings. The van der Waals surface area contributed by atoms with Crippen LogP contribution in [0.1, 0.15) is 26.7 Å². The van der Waals surface area contributed by atoms with Crippen molar-refractivity contribution >= 4 is 29.4 Å². The molecule has 1 aliphatic carbocycles. The summed E-state index contributed by atoms with van der Waals surface area (Å²) >= 11 is 0. The lowest BCUT2D eigenvalue weighted by molar-refractivity contribution is -0.163. The third-order valence-electron chi connectivity index (χ3n) is 5.74. The standard InChI is InChI=1S/C22H24N2O7/c1-12(24-20(26)15-5-3-4-6-16(15)21(24)27)22(28)31-13(2)19(25)23-14-7-8-17-18(11-14)30-10-9-29-17/h3-4,7-8,11-13,15-16H,5-6,9-10H2,1-2H3,(H,23,25)/t12-,13-,15-,16+/m0/s1. The summed E-state index contributed by atoms with van der Waals surface area (Å²) in [5, 5.41) is 2.66. The molecule has 1 saturated heterocycles. The van der Waals surface area contributed by atoms with E-state index < -0.39 is 35.9 Å². The van der Waals surface area contributed by atoms with Gasteiger partial charge in [0.15, 0.2) is 17.6 Å². The van der Waals surface area contributed by atoms with Crippen LogP contribution in [0.15, 0.2) is 30.4 Å². The number of carbonyl (C=O) groups excluding carboxylic acids is 4. The van der Waals surface area contributed by atoms with Gasteiger partial charge in [-0.15, -0.1) is 0 Å². The summed E-state index contributed by atoms with van der Waals surface area (Å²) in [6, 6.07) is 3.86. The van der Waals surface area contributed by atoms with Crippen LogP contribution in [0.2, 0.25) is 0 Å². The predicted octanol–water partition coefficient (Wildman–Crippen LogP) is 1.67. The number of anilines is 1. The summed E-state index contributed by atoms with van der Waals surface area (Å²) in [6.45, 7) is 3.75. The van der Waals surface area contributed by atoms with Gasteiger partial charge in [0.2, 0.25) is 11.8 Å². The Hall–Kier alpha value is -3.36. The molecule has 1 aromatic carbocycles. The highest BCUT2D eigenvalue weighted by Gasteiger charge is 2.50.